The molecule has 0 aromatic rings. The first-order chi connectivity index (χ1) is 6.24. The lowest BCUT2D eigenvalue weighted by Gasteiger charge is -2.33. The van der Waals surface area contributed by atoms with E-state index in [0.717, 1.165) is 36.7 Å². The molecule has 1 fully saturated rings. The highest BCUT2D eigenvalue weighted by Crippen LogP contribution is 2.14. The first kappa shape index (κ1) is 11.2. The number of nitrogens with one attached hydrogen (secondary N) is 1. The fourth-order valence-corrected chi connectivity index (χ4v) is 2.21. The molecule has 0 aromatic heterocycles. The van der Waals surface area contributed by atoms with Crippen LogP contribution >= 0.6 is 15.9 Å². The van der Waals surface area contributed by atoms with Gasteiger partial charge in [-0.25, -0.2) is 0 Å². The predicted molar refractivity (Wildman–Crippen MR) is 61.2 cm³/mol. The standard InChI is InChI=1S/C10H19BrN2/c1-3-13(8-9(2)11)10-4-6-12-7-5-10/h10,12H,2-8H2,1H3. The molecule has 0 saturated carbocycles. The summed E-state index contributed by atoms with van der Waals surface area (Å²) in [7, 11) is 0. The van der Waals surface area contributed by atoms with Crippen molar-refractivity contribution in [3.63, 3.8) is 0 Å². The van der Waals surface area contributed by atoms with Crippen LogP contribution in [0.1, 0.15) is 19.8 Å². The molecule has 0 radical (unpaired) electrons. The fourth-order valence-electron chi connectivity index (χ4n) is 1.89. The largest absolute Gasteiger partial charge is 0.317 e. The van der Waals surface area contributed by atoms with Gasteiger partial charge in [-0.15, -0.1) is 0 Å². The molecule has 0 aromatic carbocycles. The van der Waals surface area contributed by atoms with E-state index in [4.69, 9.17) is 0 Å². The smallest absolute Gasteiger partial charge is 0.0296 e. The lowest BCUT2D eigenvalue weighted by molar-refractivity contribution is 0.187. The van der Waals surface area contributed by atoms with E-state index in [2.05, 4.69) is 39.6 Å². The van der Waals surface area contributed by atoms with Crippen LogP contribution in [0.5, 0.6) is 0 Å². The topological polar surface area (TPSA) is 15.3 Å². The summed E-state index contributed by atoms with van der Waals surface area (Å²) in [6.45, 7) is 10.6. The SMILES string of the molecule is C=C(Br)CN(CC)C1CCNCC1. The van der Waals surface area contributed by atoms with Gasteiger partial charge in [0.25, 0.3) is 0 Å². The lowest BCUT2D eigenvalue weighted by atomic mass is 10.1. The van der Waals surface area contributed by atoms with Gasteiger partial charge in [0.05, 0.1) is 0 Å². The Bertz CT molecular complexity index is 164. The summed E-state index contributed by atoms with van der Waals surface area (Å²) in [5.74, 6) is 0. The molecule has 3 heteroatoms. The molecule has 1 aliphatic heterocycles. The predicted octanol–water partition coefficient (Wildman–Crippen LogP) is 1.97. The summed E-state index contributed by atoms with van der Waals surface area (Å²) >= 11 is 3.43. The molecule has 1 heterocycles. The molecule has 76 valence electrons. The Hall–Kier alpha value is 0.140. The minimum atomic E-state index is 0.751. The van der Waals surface area contributed by atoms with E-state index in [9.17, 15) is 0 Å². The summed E-state index contributed by atoms with van der Waals surface area (Å²) in [4.78, 5) is 2.50. The Morgan fingerprint density at radius 2 is 2.15 bits per heavy atom. The third-order valence-corrected chi connectivity index (χ3v) is 2.86. The number of halogens is 1. The quantitative estimate of drug-likeness (QED) is 0.817. The van der Waals surface area contributed by atoms with Gasteiger partial charge in [0.2, 0.25) is 0 Å². The molecule has 1 aliphatic rings. The Morgan fingerprint density at radius 3 is 2.62 bits per heavy atom. The van der Waals surface area contributed by atoms with Gasteiger partial charge >= 0.3 is 0 Å². The van der Waals surface area contributed by atoms with Gasteiger partial charge in [0, 0.05) is 17.1 Å². The molecule has 1 rings (SSSR count). The van der Waals surface area contributed by atoms with Gasteiger partial charge in [-0.2, -0.15) is 0 Å². The van der Waals surface area contributed by atoms with Crippen molar-refractivity contribution >= 4 is 15.9 Å². The zero-order valence-electron chi connectivity index (χ0n) is 8.35. The van der Waals surface area contributed by atoms with E-state index in [-0.39, 0.29) is 0 Å². The van der Waals surface area contributed by atoms with E-state index < -0.39 is 0 Å². The summed E-state index contributed by atoms with van der Waals surface area (Å²) in [5.41, 5.74) is 0. The molecule has 1 N–H and O–H groups in total. The van der Waals surface area contributed by atoms with Crippen LogP contribution in [-0.2, 0) is 0 Å². The summed E-state index contributed by atoms with van der Waals surface area (Å²) in [6, 6.07) is 0.751. The fraction of sp³-hybridized carbons (Fsp3) is 0.800. The summed E-state index contributed by atoms with van der Waals surface area (Å²) in [5, 5.41) is 3.39. The van der Waals surface area contributed by atoms with Crippen LogP contribution in [0.25, 0.3) is 0 Å². The zero-order chi connectivity index (χ0) is 9.68. The molecular formula is C10H19BrN2. The van der Waals surface area contributed by atoms with Gasteiger partial charge < -0.3 is 5.32 Å². The highest BCUT2D eigenvalue weighted by atomic mass is 79.9. The Kier molecular flexibility index (Phi) is 4.99. The molecule has 1 saturated heterocycles. The lowest BCUT2D eigenvalue weighted by Crippen LogP contribution is -2.43. The van der Waals surface area contributed by atoms with Gasteiger partial charge in [0.1, 0.15) is 0 Å². The maximum absolute atomic E-state index is 3.90. The molecular weight excluding hydrogens is 228 g/mol. The minimum absolute atomic E-state index is 0.751. The highest BCUT2D eigenvalue weighted by molar-refractivity contribution is 9.11. The highest BCUT2D eigenvalue weighted by Gasteiger charge is 2.19. The molecule has 2 nitrogen and oxygen atoms in total. The van der Waals surface area contributed by atoms with Crippen molar-refractivity contribution in [2.45, 2.75) is 25.8 Å². The van der Waals surface area contributed by atoms with Crippen molar-refractivity contribution in [3.05, 3.63) is 11.1 Å². The van der Waals surface area contributed by atoms with E-state index in [1.807, 2.05) is 0 Å². The van der Waals surface area contributed by atoms with E-state index in [0.29, 0.717) is 0 Å². The molecule has 0 bridgehead atoms. The van der Waals surface area contributed by atoms with Crippen molar-refractivity contribution in [2.75, 3.05) is 26.2 Å². The summed E-state index contributed by atoms with van der Waals surface area (Å²) in [6.07, 6.45) is 2.54. The van der Waals surface area contributed by atoms with Crippen LogP contribution in [0.2, 0.25) is 0 Å². The third-order valence-electron chi connectivity index (χ3n) is 2.61. The molecule has 0 unspecified atom stereocenters. The van der Waals surface area contributed by atoms with Crippen molar-refractivity contribution in [1.82, 2.24) is 10.2 Å². The average molecular weight is 247 g/mol. The van der Waals surface area contributed by atoms with Gasteiger partial charge in [-0.3, -0.25) is 4.90 Å². The van der Waals surface area contributed by atoms with E-state index >= 15 is 0 Å². The number of likely N-dealkylation sites (N-methyl/N-ethyl adjacent to an activating group) is 1. The molecule has 13 heavy (non-hydrogen) atoms. The van der Waals surface area contributed by atoms with Crippen LogP contribution < -0.4 is 5.32 Å². The summed E-state index contributed by atoms with van der Waals surface area (Å²) < 4.78 is 1.09. The normalized spacial score (nSPS) is 19.3. The minimum Gasteiger partial charge on any atom is -0.317 e. The number of hydrogen-bond donors (Lipinski definition) is 1. The third kappa shape index (κ3) is 3.79. The van der Waals surface area contributed by atoms with Crippen LogP contribution in [0, 0.1) is 0 Å². The Morgan fingerprint density at radius 1 is 1.54 bits per heavy atom. The van der Waals surface area contributed by atoms with Crippen molar-refractivity contribution in [1.29, 1.82) is 0 Å². The maximum atomic E-state index is 3.90. The molecule has 0 amide bonds. The first-order valence-corrected chi connectivity index (χ1v) is 5.81. The van der Waals surface area contributed by atoms with E-state index in [1.54, 1.807) is 0 Å². The van der Waals surface area contributed by atoms with Gasteiger partial charge in [0.15, 0.2) is 0 Å². The number of rotatable bonds is 4. The number of nitrogens with zero attached hydrogens (tertiary/aromatic N) is 1. The van der Waals surface area contributed by atoms with Gasteiger partial charge in [-0.05, 0) is 32.5 Å². The van der Waals surface area contributed by atoms with E-state index in [1.165, 1.54) is 12.8 Å². The van der Waals surface area contributed by atoms with Crippen LogP contribution in [-0.4, -0.2) is 37.1 Å². The second kappa shape index (κ2) is 5.78. The second-order valence-corrected chi connectivity index (χ2v) is 4.68. The molecule has 0 spiro atoms. The van der Waals surface area contributed by atoms with Crippen molar-refractivity contribution < 1.29 is 0 Å². The van der Waals surface area contributed by atoms with Crippen LogP contribution in [0.3, 0.4) is 0 Å². The Balaban J connectivity index is 2.39. The van der Waals surface area contributed by atoms with Gasteiger partial charge in [-0.1, -0.05) is 29.4 Å². The van der Waals surface area contributed by atoms with Crippen LogP contribution in [0.4, 0.5) is 0 Å². The number of hydrogen-bond acceptors (Lipinski definition) is 2. The second-order valence-electron chi connectivity index (χ2n) is 3.56. The van der Waals surface area contributed by atoms with Crippen LogP contribution in [0.15, 0.2) is 11.1 Å². The van der Waals surface area contributed by atoms with Crippen molar-refractivity contribution in [2.24, 2.45) is 0 Å². The first-order valence-electron chi connectivity index (χ1n) is 5.02. The number of piperidine rings is 1. The van der Waals surface area contributed by atoms with Crippen molar-refractivity contribution in [3.8, 4) is 0 Å². The zero-order valence-corrected chi connectivity index (χ0v) is 9.94. The maximum Gasteiger partial charge on any atom is 0.0296 e. The monoisotopic (exact) mass is 246 g/mol. The Labute approximate surface area is 89.5 Å². The molecule has 0 aliphatic carbocycles. The molecule has 0 atom stereocenters. The average Bonchev–Trinajstić information content (AvgIpc) is 2.15.